The van der Waals surface area contributed by atoms with Crippen molar-refractivity contribution in [3.8, 4) is 5.75 Å². The van der Waals surface area contributed by atoms with Gasteiger partial charge in [-0.3, -0.25) is 34.7 Å². The second-order valence-electron chi connectivity index (χ2n) is 7.33. The number of amides is 4. The fourth-order valence-electron chi connectivity index (χ4n) is 3.90. The van der Waals surface area contributed by atoms with E-state index in [9.17, 15) is 19.2 Å². The molecule has 0 aliphatic carbocycles. The average Bonchev–Trinajstić information content (AvgIpc) is 3.17. The number of fused-ring (bicyclic) bond motifs is 1. The highest BCUT2D eigenvalue weighted by Gasteiger charge is 2.36. The molecular formula is C22H21N3O5. The van der Waals surface area contributed by atoms with Gasteiger partial charge in [0.05, 0.1) is 13.2 Å². The molecule has 0 aromatic heterocycles. The van der Waals surface area contributed by atoms with E-state index in [-0.39, 0.29) is 11.8 Å². The Morgan fingerprint density at radius 2 is 1.83 bits per heavy atom. The lowest BCUT2D eigenvalue weighted by Gasteiger charge is -2.29. The molecule has 2 aromatic carbocycles. The van der Waals surface area contributed by atoms with Crippen LogP contribution in [0.5, 0.6) is 5.75 Å². The van der Waals surface area contributed by atoms with Gasteiger partial charge in [0.2, 0.25) is 11.8 Å². The third-order valence-electron chi connectivity index (χ3n) is 5.48. The molecule has 4 amide bonds. The molecule has 2 aliphatic rings. The zero-order chi connectivity index (χ0) is 21.3. The molecule has 0 bridgehead atoms. The Balaban J connectivity index is 1.48. The number of methoxy groups -OCH3 is 1. The van der Waals surface area contributed by atoms with Crippen molar-refractivity contribution in [2.45, 2.75) is 32.0 Å². The van der Waals surface area contributed by atoms with Gasteiger partial charge >= 0.3 is 0 Å². The van der Waals surface area contributed by atoms with Gasteiger partial charge in [0.1, 0.15) is 5.75 Å². The van der Waals surface area contributed by atoms with Gasteiger partial charge in [-0.05, 0) is 47.9 Å². The van der Waals surface area contributed by atoms with E-state index in [1.165, 1.54) is 7.11 Å². The number of imide groups is 2. The molecule has 30 heavy (non-hydrogen) atoms. The number of benzene rings is 2. The predicted octanol–water partition coefficient (Wildman–Crippen LogP) is 1.39. The summed E-state index contributed by atoms with van der Waals surface area (Å²) in [4.78, 5) is 50.8. The number of piperidine rings is 1. The fraction of sp³-hybridized carbons (Fsp3) is 0.273. The monoisotopic (exact) mass is 407 g/mol. The van der Waals surface area contributed by atoms with Gasteiger partial charge in [0, 0.05) is 30.6 Å². The molecule has 2 aliphatic heterocycles. The van der Waals surface area contributed by atoms with Gasteiger partial charge < -0.3 is 4.74 Å². The molecule has 0 radical (unpaired) electrons. The van der Waals surface area contributed by atoms with Crippen molar-refractivity contribution in [2.75, 3.05) is 7.11 Å². The smallest absolute Gasteiger partial charge is 0.258 e. The maximum atomic E-state index is 12.8. The van der Waals surface area contributed by atoms with Crippen LogP contribution < -0.4 is 15.4 Å². The molecule has 2 heterocycles. The lowest BCUT2D eigenvalue weighted by molar-refractivity contribution is -0.137. The van der Waals surface area contributed by atoms with Crippen molar-refractivity contribution in [2.24, 2.45) is 0 Å². The Morgan fingerprint density at radius 1 is 1.07 bits per heavy atom. The van der Waals surface area contributed by atoms with Crippen LogP contribution in [-0.2, 0) is 22.7 Å². The zero-order valence-electron chi connectivity index (χ0n) is 16.4. The molecule has 2 aromatic rings. The molecule has 0 spiro atoms. The van der Waals surface area contributed by atoms with Crippen LogP contribution in [0.2, 0.25) is 0 Å². The van der Waals surface area contributed by atoms with Crippen LogP contribution in [0.3, 0.4) is 0 Å². The van der Waals surface area contributed by atoms with Crippen LogP contribution in [0, 0.1) is 0 Å². The van der Waals surface area contributed by atoms with Crippen molar-refractivity contribution in [1.82, 2.24) is 15.5 Å². The molecule has 2 N–H and O–H groups in total. The third kappa shape index (κ3) is 3.81. The van der Waals surface area contributed by atoms with Crippen LogP contribution in [0.1, 0.15) is 44.7 Å². The molecule has 1 saturated heterocycles. The Morgan fingerprint density at radius 3 is 2.53 bits per heavy atom. The number of carbonyl (C=O) groups is 4. The second-order valence-corrected chi connectivity index (χ2v) is 7.33. The van der Waals surface area contributed by atoms with Crippen LogP contribution >= 0.6 is 0 Å². The minimum atomic E-state index is -0.500. The summed E-state index contributed by atoms with van der Waals surface area (Å²) in [6, 6.07) is 11.4. The number of hydrogen-bond acceptors (Lipinski definition) is 6. The minimum absolute atomic E-state index is 0.259. The quantitative estimate of drug-likeness (QED) is 0.742. The first kappa shape index (κ1) is 19.8. The molecule has 4 rings (SSSR count). The molecule has 8 nitrogen and oxygen atoms in total. The maximum Gasteiger partial charge on any atom is 0.258 e. The first-order chi connectivity index (χ1) is 14.5. The highest BCUT2D eigenvalue weighted by atomic mass is 16.5. The Hall–Kier alpha value is -3.52. The van der Waals surface area contributed by atoms with Gasteiger partial charge in [-0.2, -0.15) is 0 Å². The summed E-state index contributed by atoms with van der Waals surface area (Å²) in [6.07, 6.45) is 0.753. The van der Waals surface area contributed by atoms with E-state index >= 15 is 0 Å². The van der Waals surface area contributed by atoms with E-state index < -0.39 is 17.9 Å². The van der Waals surface area contributed by atoms with E-state index in [2.05, 4.69) is 10.6 Å². The highest BCUT2D eigenvalue weighted by molar-refractivity contribution is 6.11. The summed E-state index contributed by atoms with van der Waals surface area (Å²) in [5.41, 5.74) is 2.48. The lowest BCUT2D eigenvalue weighted by atomic mass is 10.0. The average molecular weight is 407 g/mol. The van der Waals surface area contributed by atoms with Crippen LogP contribution in [0.4, 0.5) is 0 Å². The largest absolute Gasteiger partial charge is 0.497 e. The molecule has 1 fully saturated rings. The number of nitrogens with one attached hydrogen (secondary N) is 2. The molecule has 1 unspecified atom stereocenters. The Bertz CT molecular complexity index is 1030. The molecule has 154 valence electrons. The summed E-state index contributed by atoms with van der Waals surface area (Å²) in [5.74, 6) is -0.935. The molecular weight excluding hydrogens is 386 g/mol. The highest BCUT2D eigenvalue weighted by Crippen LogP contribution is 2.29. The SMILES string of the molecule is COc1ccc(C(=O)NC(=O)c2cccc3c2CN(C2CCC(=O)NC2=O)C3)cc1. The normalized spacial score (nSPS) is 18.5. The topological polar surface area (TPSA) is 105 Å². The van der Waals surface area contributed by atoms with E-state index in [1.54, 1.807) is 36.4 Å². The zero-order valence-corrected chi connectivity index (χ0v) is 16.4. The summed E-state index contributed by atoms with van der Waals surface area (Å²) >= 11 is 0. The Labute approximate surface area is 173 Å². The standard InChI is InChI=1S/C22H21N3O5/c1-30-15-7-5-13(6-8-15)20(27)24-21(28)16-4-2-3-14-11-25(12-17(14)16)18-9-10-19(26)23-22(18)29/h2-8,18H,9-12H2,1H3,(H,23,26,29)(H,24,27,28). The molecule has 0 saturated carbocycles. The van der Waals surface area contributed by atoms with Crippen LogP contribution in [0.15, 0.2) is 42.5 Å². The maximum absolute atomic E-state index is 12.8. The first-order valence-corrected chi connectivity index (χ1v) is 9.64. The summed E-state index contributed by atoms with van der Waals surface area (Å²) < 4.78 is 5.07. The molecule has 8 heteroatoms. The minimum Gasteiger partial charge on any atom is -0.497 e. The van der Waals surface area contributed by atoms with Crippen molar-refractivity contribution >= 4 is 23.6 Å². The van der Waals surface area contributed by atoms with Gasteiger partial charge in [0.25, 0.3) is 11.8 Å². The van der Waals surface area contributed by atoms with Gasteiger partial charge in [-0.1, -0.05) is 12.1 Å². The van der Waals surface area contributed by atoms with Gasteiger partial charge in [0.15, 0.2) is 0 Å². The molecule has 1 atom stereocenters. The van der Waals surface area contributed by atoms with Crippen LogP contribution in [0.25, 0.3) is 0 Å². The third-order valence-corrected chi connectivity index (χ3v) is 5.48. The van der Waals surface area contributed by atoms with E-state index in [0.717, 1.165) is 11.1 Å². The van der Waals surface area contributed by atoms with E-state index in [0.29, 0.717) is 42.8 Å². The number of ether oxygens (including phenoxy) is 1. The number of carbonyl (C=O) groups excluding carboxylic acids is 4. The van der Waals surface area contributed by atoms with Crippen molar-refractivity contribution in [3.05, 3.63) is 64.7 Å². The predicted molar refractivity (Wildman–Crippen MR) is 107 cm³/mol. The summed E-state index contributed by atoms with van der Waals surface area (Å²) in [6.45, 7) is 0.914. The van der Waals surface area contributed by atoms with Gasteiger partial charge in [-0.15, -0.1) is 0 Å². The Kier molecular flexibility index (Phi) is 5.33. The summed E-state index contributed by atoms with van der Waals surface area (Å²) in [5, 5.41) is 4.80. The number of hydrogen-bond donors (Lipinski definition) is 2. The van der Waals surface area contributed by atoms with E-state index in [1.807, 2.05) is 11.0 Å². The lowest BCUT2D eigenvalue weighted by Crippen LogP contribution is -2.50. The second kappa shape index (κ2) is 8.08. The van der Waals surface area contributed by atoms with Crippen LogP contribution in [-0.4, -0.2) is 41.7 Å². The first-order valence-electron chi connectivity index (χ1n) is 9.64. The van der Waals surface area contributed by atoms with E-state index in [4.69, 9.17) is 4.74 Å². The number of nitrogens with zero attached hydrogens (tertiary/aromatic N) is 1. The van der Waals surface area contributed by atoms with Crippen molar-refractivity contribution in [1.29, 1.82) is 0 Å². The van der Waals surface area contributed by atoms with Crippen molar-refractivity contribution in [3.63, 3.8) is 0 Å². The number of rotatable bonds is 4. The summed E-state index contributed by atoms with van der Waals surface area (Å²) in [7, 11) is 1.53. The van der Waals surface area contributed by atoms with Gasteiger partial charge in [-0.25, -0.2) is 0 Å². The fourth-order valence-corrected chi connectivity index (χ4v) is 3.90. The van der Waals surface area contributed by atoms with Crippen molar-refractivity contribution < 1.29 is 23.9 Å².